The van der Waals surface area contributed by atoms with E-state index in [1.54, 1.807) is 38.1 Å². The highest BCUT2D eigenvalue weighted by atomic mass is 16.5. The summed E-state index contributed by atoms with van der Waals surface area (Å²) in [5, 5.41) is 32.9. The fraction of sp³-hybridized carbons (Fsp3) is 0.316. The van der Waals surface area contributed by atoms with Crippen LogP contribution >= 0.6 is 0 Å². The molecule has 0 saturated carbocycles. The standard InChI is InChI=1S/C19H22NO3/c1-13-9-11-15(12-10-13)19(22)17(21)16(20(23)18(19,2)3)14-7-5-4-6-8-14/h4-12,17,21-23H,1-3H3/q+1. The molecule has 1 aliphatic heterocycles. The SMILES string of the molecule is Cc1ccc(C2(O)C(O)C(c3ccccc3)=[N+](O)C2(C)C)cc1. The van der Waals surface area contributed by atoms with E-state index in [9.17, 15) is 15.4 Å². The molecular weight excluding hydrogens is 290 g/mol. The summed E-state index contributed by atoms with van der Waals surface area (Å²) in [6.07, 6.45) is -1.24. The van der Waals surface area contributed by atoms with Gasteiger partial charge in [0, 0.05) is 19.4 Å². The molecule has 1 heterocycles. The molecule has 120 valence electrons. The molecule has 0 amide bonds. The number of hydrogen-bond acceptors (Lipinski definition) is 3. The van der Waals surface area contributed by atoms with Crippen molar-refractivity contribution in [3.63, 3.8) is 0 Å². The summed E-state index contributed by atoms with van der Waals surface area (Å²) in [6.45, 7) is 5.39. The predicted octanol–water partition coefficient (Wildman–Crippen LogP) is 2.23. The van der Waals surface area contributed by atoms with Gasteiger partial charge in [0.2, 0.25) is 5.54 Å². The third kappa shape index (κ3) is 2.10. The van der Waals surface area contributed by atoms with E-state index >= 15 is 0 Å². The summed E-state index contributed by atoms with van der Waals surface area (Å²) in [7, 11) is 0. The Balaban J connectivity index is 2.17. The van der Waals surface area contributed by atoms with Gasteiger partial charge in [0.15, 0.2) is 11.7 Å². The molecule has 2 atom stereocenters. The van der Waals surface area contributed by atoms with Crippen LogP contribution in [0.5, 0.6) is 0 Å². The molecule has 4 heteroatoms. The first-order valence-corrected chi connectivity index (χ1v) is 7.69. The van der Waals surface area contributed by atoms with E-state index in [1.165, 1.54) is 0 Å². The number of benzene rings is 2. The lowest BCUT2D eigenvalue weighted by Gasteiger charge is -2.33. The van der Waals surface area contributed by atoms with Gasteiger partial charge >= 0.3 is 0 Å². The zero-order valence-corrected chi connectivity index (χ0v) is 13.6. The monoisotopic (exact) mass is 312 g/mol. The predicted molar refractivity (Wildman–Crippen MR) is 87.8 cm³/mol. The number of nitrogens with zero attached hydrogens (tertiary/aromatic N) is 1. The molecule has 0 aromatic heterocycles. The Morgan fingerprint density at radius 3 is 2.09 bits per heavy atom. The highest BCUT2D eigenvalue weighted by Crippen LogP contribution is 2.44. The first-order chi connectivity index (χ1) is 10.8. The number of hydroxylamine groups is 1. The van der Waals surface area contributed by atoms with Crippen LogP contribution in [-0.4, -0.2) is 37.5 Å². The van der Waals surface area contributed by atoms with Crippen molar-refractivity contribution < 1.29 is 20.2 Å². The van der Waals surface area contributed by atoms with Gasteiger partial charge in [0.1, 0.15) is 0 Å². The van der Waals surface area contributed by atoms with E-state index in [0.29, 0.717) is 16.8 Å². The molecule has 1 aliphatic rings. The molecule has 0 spiro atoms. The second-order valence-corrected chi connectivity index (χ2v) is 6.66. The topological polar surface area (TPSA) is 63.7 Å². The molecule has 3 N–H and O–H groups in total. The van der Waals surface area contributed by atoms with Crippen LogP contribution in [0, 0.1) is 6.92 Å². The molecule has 0 aliphatic carbocycles. The van der Waals surface area contributed by atoms with E-state index in [-0.39, 0.29) is 0 Å². The summed E-state index contributed by atoms with van der Waals surface area (Å²) in [5.41, 5.74) is -0.0911. The Morgan fingerprint density at radius 2 is 1.52 bits per heavy atom. The van der Waals surface area contributed by atoms with Crippen LogP contribution < -0.4 is 0 Å². The number of aliphatic hydroxyl groups excluding tert-OH is 1. The quantitative estimate of drug-likeness (QED) is 0.588. The summed E-state index contributed by atoms with van der Waals surface area (Å²) in [4.78, 5) is 0. The average Bonchev–Trinajstić information content (AvgIpc) is 2.68. The third-order valence-electron chi connectivity index (χ3n) is 4.91. The highest BCUT2D eigenvalue weighted by Gasteiger charge is 2.68. The van der Waals surface area contributed by atoms with Crippen LogP contribution in [0.15, 0.2) is 54.6 Å². The summed E-state index contributed by atoms with van der Waals surface area (Å²) in [6, 6.07) is 16.5. The number of aliphatic hydroxyl groups is 2. The van der Waals surface area contributed by atoms with Crippen molar-refractivity contribution in [2.75, 3.05) is 0 Å². The molecule has 2 aromatic carbocycles. The Hall–Kier alpha value is -2.17. The number of aryl methyl sites for hydroxylation is 1. The van der Waals surface area contributed by atoms with Crippen LogP contribution in [0.4, 0.5) is 0 Å². The van der Waals surface area contributed by atoms with E-state index < -0.39 is 17.2 Å². The maximum absolute atomic E-state index is 11.4. The highest BCUT2D eigenvalue weighted by molar-refractivity contribution is 6.02. The van der Waals surface area contributed by atoms with Crippen molar-refractivity contribution in [3.05, 3.63) is 71.3 Å². The molecule has 4 nitrogen and oxygen atoms in total. The molecule has 23 heavy (non-hydrogen) atoms. The lowest BCUT2D eigenvalue weighted by Crippen LogP contribution is -2.54. The average molecular weight is 312 g/mol. The molecule has 2 unspecified atom stereocenters. The minimum Gasteiger partial charge on any atom is -0.379 e. The molecule has 3 rings (SSSR count). The second kappa shape index (κ2) is 5.18. The van der Waals surface area contributed by atoms with Crippen LogP contribution in [0.25, 0.3) is 0 Å². The molecule has 0 fully saturated rings. The Labute approximate surface area is 135 Å². The van der Waals surface area contributed by atoms with Crippen molar-refractivity contribution in [2.24, 2.45) is 0 Å². The van der Waals surface area contributed by atoms with Crippen LogP contribution in [0.2, 0.25) is 0 Å². The van der Waals surface area contributed by atoms with Crippen LogP contribution in [-0.2, 0) is 5.60 Å². The van der Waals surface area contributed by atoms with Gasteiger partial charge in [-0.05, 0) is 29.4 Å². The first kappa shape index (κ1) is 15.7. The fourth-order valence-electron chi connectivity index (χ4n) is 3.32. The van der Waals surface area contributed by atoms with Crippen molar-refractivity contribution in [1.29, 1.82) is 0 Å². The molecular formula is C19H22NO3+. The van der Waals surface area contributed by atoms with E-state index in [1.807, 2.05) is 37.3 Å². The number of rotatable bonds is 2. The van der Waals surface area contributed by atoms with Gasteiger partial charge in [-0.3, -0.25) is 5.21 Å². The maximum Gasteiger partial charge on any atom is 0.267 e. The zero-order chi connectivity index (χ0) is 16.8. The normalized spacial score (nSPS) is 26.6. The van der Waals surface area contributed by atoms with Crippen molar-refractivity contribution in [1.82, 2.24) is 0 Å². The van der Waals surface area contributed by atoms with Gasteiger partial charge in [0.25, 0.3) is 5.71 Å². The van der Waals surface area contributed by atoms with Gasteiger partial charge in [-0.25, -0.2) is 0 Å². The van der Waals surface area contributed by atoms with Gasteiger partial charge in [-0.15, -0.1) is 0 Å². The van der Waals surface area contributed by atoms with Gasteiger partial charge in [-0.2, -0.15) is 0 Å². The Bertz CT molecular complexity index is 750. The van der Waals surface area contributed by atoms with Crippen LogP contribution in [0.3, 0.4) is 0 Å². The maximum atomic E-state index is 11.4. The number of hydrogen-bond donors (Lipinski definition) is 3. The zero-order valence-electron chi connectivity index (χ0n) is 13.6. The lowest BCUT2D eigenvalue weighted by atomic mass is 9.75. The minimum atomic E-state index is -1.62. The summed E-state index contributed by atoms with van der Waals surface area (Å²) >= 11 is 0. The molecule has 0 radical (unpaired) electrons. The Morgan fingerprint density at radius 1 is 0.957 bits per heavy atom. The molecule has 0 saturated heterocycles. The largest absolute Gasteiger partial charge is 0.379 e. The van der Waals surface area contributed by atoms with Gasteiger partial charge < -0.3 is 10.2 Å². The van der Waals surface area contributed by atoms with E-state index in [4.69, 9.17) is 0 Å². The third-order valence-corrected chi connectivity index (χ3v) is 4.91. The molecule has 0 bridgehead atoms. The summed E-state index contributed by atoms with van der Waals surface area (Å²) < 4.78 is 0.993. The first-order valence-electron chi connectivity index (χ1n) is 7.69. The fourth-order valence-corrected chi connectivity index (χ4v) is 3.32. The van der Waals surface area contributed by atoms with Crippen molar-refractivity contribution >= 4 is 5.71 Å². The minimum absolute atomic E-state index is 0.304. The van der Waals surface area contributed by atoms with E-state index in [2.05, 4.69) is 0 Å². The molecule has 2 aromatic rings. The van der Waals surface area contributed by atoms with Gasteiger partial charge in [0.05, 0.1) is 0 Å². The van der Waals surface area contributed by atoms with Crippen molar-refractivity contribution in [2.45, 2.75) is 38.0 Å². The van der Waals surface area contributed by atoms with Gasteiger partial charge in [-0.1, -0.05) is 48.0 Å². The van der Waals surface area contributed by atoms with E-state index in [0.717, 1.165) is 10.3 Å². The summed E-state index contributed by atoms with van der Waals surface area (Å²) in [5.74, 6) is 0. The van der Waals surface area contributed by atoms with Crippen molar-refractivity contribution in [3.8, 4) is 0 Å². The second-order valence-electron chi connectivity index (χ2n) is 6.66. The smallest absolute Gasteiger partial charge is 0.267 e. The lowest BCUT2D eigenvalue weighted by molar-refractivity contribution is -0.825. The van der Waals surface area contributed by atoms with Crippen LogP contribution in [0.1, 0.15) is 30.5 Å². The Kier molecular flexibility index (Phi) is 3.54.